The predicted molar refractivity (Wildman–Crippen MR) is 58.5 cm³/mol. The Kier molecular flexibility index (Phi) is 3.09. The van der Waals surface area contributed by atoms with Gasteiger partial charge in [-0.1, -0.05) is 6.07 Å². The molecule has 3 heteroatoms. The van der Waals surface area contributed by atoms with Crippen LogP contribution in [-0.2, 0) is 0 Å². The fraction of sp³-hybridized carbons (Fsp3) is 0.300. The normalized spacial score (nSPS) is 9.85. The molecule has 0 heterocycles. The van der Waals surface area contributed by atoms with Crippen LogP contribution in [-0.4, -0.2) is 19.9 Å². The van der Waals surface area contributed by atoms with Crippen molar-refractivity contribution in [1.82, 2.24) is 0 Å². The van der Waals surface area contributed by atoms with E-state index in [-0.39, 0.29) is 5.78 Å². The Morgan fingerprint density at radius 2 is 2.00 bits per heavy atom. The number of carbonyl (C=O) groups excluding carboxylic acids is 1. The highest BCUT2D eigenvalue weighted by Gasteiger charge is 2.11. The van der Waals surface area contributed by atoms with Crippen molar-refractivity contribution in [3.63, 3.8) is 0 Å². The Morgan fingerprint density at radius 3 is 2.38 bits per heavy atom. The fourth-order valence-electron chi connectivity index (χ4n) is 1.25. The van der Waals surface area contributed by atoms with Crippen molar-refractivity contribution < 1.29 is 4.79 Å². The highest BCUT2D eigenvalue weighted by atomic mass is 79.9. The molecular weight excluding hydrogens is 230 g/mol. The molecule has 0 aliphatic carbocycles. The molecule has 0 fully saturated rings. The largest absolute Gasteiger partial charge is 0.376 e. The van der Waals surface area contributed by atoms with Gasteiger partial charge in [0.2, 0.25) is 0 Å². The van der Waals surface area contributed by atoms with Crippen molar-refractivity contribution in [2.45, 2.75) is 6.92 Å². The molecule has 0 aliphatic rings. The average molecular weight is 242 g/mol. The first-order valence-corrected chi connectivity index (χ1v) is 4.80. The minimum atomic E-state index is 0.0880. The summed E-state index contributed by atoms with van der Waals surface area (Å²) in [6.45, 7) is 1.58. The Balaban J connectivity index is 3.34. The lowest BCUT2D eigenvalue weighted by Crippen LogP contribution is -2.13. The number of carbonyl (C=O) groups is 1. The van der Waals surface area contributed by atoms with E-state index in [0.717, 1.165) is 15.7 Å². The number of Topliss-reactive ketones (excluding diaryl/α,β-unsaturated/α-hetero) is 1. The topological polar surface area (TPSA) is 20.3 Å². The van der Waals surface area contributed by atoms with Crippen LogP contribution in [0.25, 0.3) is 0 Å². The van der Waals surface area contributed by atoms with Crippen LogP contribution in [0.15, 0.2) is 22.7 Å². The van der Waals surface area contributed by atoms with E-state index in [1.807, 2.05) is 37.2 Å². The first kappa shape index (κ1) is 10.3. The number of benzene rings is 1. The summed E-state index contributed by atoms with van der Waals surface area (Å²) >= 11 is 3.42. The number of hydrogen-bond donors (Lipinski definition) is 0. The van der Waals surface area contributed by atoms with E-state index in [4.69, 9.17) is 0 Å². The van der Waals surface area contributed by atoms with Gasteiger partial charge in [-0.05, 0) is 35.0 Å². The Labute approximate surface area is 86.7 Å². The molecule has 0 unspecified atom stereocenters. The van der Waals surface area contributed by atoms with Crippen LogP contribution >= 0.6 is 15.9 Å². The molecule has 0 amide bonds. The van der Waals surface area contributed by atoms with Gasteiger partial charge >= 0.3 is 0 Å². The highest BCUT2D eigenvalue weighted by Crippen LogP contribution is 2.28. The van der Waals surface area contributed by atoms with E-state index in [1.165, 1.54) is 0 Å². The minimum Gasteiger partial charge on any atom is -0.376 e. The molecule has 0 saturated heterocycles. The lowest BCUT2D eigenvalue weighted by Gasteiger charge is -2.17. The van der Waals surface area contributed by atoms with Crippen LogP contribution in [0.3, 0.4) is 0 Å². The molecule has 0 atom stereocenters. The molecule has 0 saturated carbocycles. The maximum Gasteiger partial charge on any atom is 0.161 e. The molecule has 2 nitrogen and oxygen atoms in total. The Morgan fingerprint density at radius 1 is 1.38 bits per heavy atom. The number of anilines is 1. The minimum absolute atomic E-state index is 0.0880. The van der Waals surface area contributed by atoms with Crippen molar-refractivity contribution in [1.29, 1.82) is 0 Å². The maximum absolute atomic E-state index is 11.3. The third kappa shape index (κ3) is 2.10. The standard InChI is InChI=1S/C10H12BrNO/c1-7(13)8-5-4-6-9(11)10(8)12(2)3/h4-6H,1-3H3. The second kappa shape index (κ2) is 3.92. The second-order valence-electron chi connectivity index (χ2n) is 3.09. The average Bonchev–Trinajstić information content (AvgIpc) is 2.02. The zero-order chi connectivity index (χ0) is 10.0. The SMILES string of the molecule is CC(=O)c1cccc(Br)c1N(C)C. The van der Waals surface area contributed by atoms with E-state index in [1.54, 1.807) is 6.92 Å². The van der Waals surface area contributed by atoms with Crippen molar-refractivity contribution in [3.05, 3.63) is 28.2 Å². The lowest BCUT2D eigenvalue weighted by atomic mass is 10.1. The van der Waals surface area contributed by atoms with E-state index in [9.17, 15) is 4.79 Å². The zero-order valence-corrected chi connectivity index (χ0v) is 9.55. The second-order valence-corrected chi connectivity index (χ2v) is 3.94. The van der Waals surface area contributed by atoms with Crippen molar-refractivity contribution >= 4 is 27.4 Å². The Bertz CT molecular complexity index is 334. The number of hydrogen-bond acceptors (Lipinski definition) is 2. The molecule has 0 aromatic heterocycles. The number of rotatable bonds is 2. The molecule has 1 rings (SSSR count). The number of halogens is 1. The van der Waals surface area contributed by atoms with Crippen LogP contribution < -0.4 is 4.90 Å². The quantitative estimate of drug-likeness (QED) is 0.743. The van der Waals surface area contributed by atoms with Gasteiger partial charge in [-0.2, -0.15) is 0 Å². The summed E-state index contributed by atoms with van der Waals surface area (Å²) in [4.78, 5) is 13.2. The van der Waals surface area contributed by atoms with E-state index < -0.39 is 0 Å². The highest BCUT2D eigenvalue weighted by molar-refractivity contribution is 9.10. The molecule has 0 radical (unpaired) electrons. The summed E-state index contributed by atoms with van der Waals surface area (Å²) in [6.07, 6.45) is 0. The third-order valence-electron chi connectivity index (χ3n) is 1.81. The molecule has 13 heavy (non-hydrogen) atoms. The predicted octanol–water partition coefficient (Wildman–Crippen LogP) is 2.72. The number of nitrogens with zero attached hydrogens (tertiary/aromatic N) is 1. The van der Waals surface area contributed by atoms with Gasteiger partial charge < -0.3 is 4.90 Å². The van der Waals surface area contributed by atoms with Gasteiger partial charge in [0.05, 0.1) is 5.69 Å². The van der Waals surface area contributed by atoms with Gasteiger partial charge in [0, 0.05) is 24.1 Å². The molecular formula is C10H12BrNO. The molecule has 0 bridgehead atoms. The summed E-state index contributed by atoms with van der Waals surface area (Å²) in [7, 11) is 3.85. The van der Waals surface area contributed by atoms with Crippen LogP contribution in [0.4, 0.5) is 5.69 Å². The van der Waals surface area contributed by atoms with Gasteiger partial charge in [-0.15, -0.1) is 0 Å². The van der Waals surface area contributed by atoms with Crippen LogP contribution in [0.1, 0.15) is 17.3 Å². The van der Waals surface area contributed by atoms with E-state index in [0.29, 0.717) is 0 Å². The van der Waals surface area contributed by atoms with Gasteiger partial charge in [-0.3, -0.25) is 4.79 Å². The molecule has 70 valence electrons. The first-order chi connectivity index (χ1) is 6.04. The summed E-state index contributed by atoms with van der Waals surface area (Å²) < 4.78 is 0.949. The van der Waals surface area contributed by atoms with Crippen LogP contribution in [0.5, 0.6) is 0 Å². The van der Waals surface area contributed by atoms with Crippen LogP contribution in [0.2, 0.25) is 0 Å². The van der Waals surface area contributed by atoms with Crippen molar-refractivity contribution in [3.8, 4) is 0 Å². The van der Waals surface area contributed by atoms with Crippen LogP contribution in [0, 0.1) is 0 Å². The molecule has 0 aliphatic heterocycles. The van der Waals surface area contributed by atoms with Crippen molar-refractivity contribution in [2.24, 2.45) is 0 Å². The maximum atomic E-state index is 11.3. The van der Waals surface area contributed by atoms with Gasteiger partial charge in [0.15, 0.2) is 5.78 Å². The fourth-order valence-corrected chi connectivity index (χ4v) is 1.97. The third-order valence-corrected chi connectivity index (χ3v) is 2.45. The summed E-state index contributed by atoms with van der Waals surface area (Å²) in [5, 5.41) is 0. The molecule has 1 aromatic carbocycles. The number of para-hydroxylation sites is 1. The molecule has 0 N–H and O–H groups in total. The summed E-state index contributed by atoms with van der Waals surface area (Å²) in [6, 6.07) is 5.64. The first-order valence-electron chi connectivity index (χ1n) is 4.01. The number of ketones is 1. The molecule has 1 aromatic rings. The molecule has 0 spiro atoms. The smallest absolute Gasteiger partial charge is 0.161 e. The lowest BCUT2D eigenvalue weighted by molar-refractivity contribution is 0.101. The van der Waals surface area contributed by atoms with E-state index >= 15 is 0 Å². The summed E-state index contributed by atoms with van der Waals surface area (Å²) in [5.74, 6) is 0.0880. The Hall–Kier alpha value is -0.830. The van der Waals surface area contributed by atoms with Crippen molar-refractivity contribution in [2.75, 3.05) is 19.0 Å². The zero-order valence-electron chi connectivity index (χ0n) is 7.97. The van der Waals surface area contributed by atoms with Gasteiger partial charge in [0.1, 0.15) is 0 Å². The summed E-state index contributed by atoms with van der Waals surface area (Å²) in [5.41, 5.74) is 1.69. The van der Waals surface area contributed by atoms with Gasteiger partial charge in [0.25, 0.3) is 0 Å². The van der Waals surface area contributed by atoms with Gasteiger partial charge in [-0.25, -0.2) is 0 Å². The monoisotopic (exact) mass is 241 g/mol. The van der Waals surface area contributed by atoms with E-state index in [2.05, 4.69) is 15.9 Å².